The minimum Gasteiger partial charge on any atom is -1.00 e. The van der Waals surface area contributed by atoms with E-state index in [1.807, 2.05) is 0 Å². The van der Waals surface area contributed by atoms with Crippen LogP contribution in [-0.2, 0) is 0 Å². The first kappa shape index (κ1) is 45.4. The van der Waals surface area contributed by atoms with E-state index in [-0.39, 0.29) is 50.9 Å². The number of hydrogen-bond acceptors (Lipinski definition) is 0. The van der Waals surface area contributed by atoms with Gasteiger partial charge in [-0.05, 0) is 98.7 Å². The van der Waals surface area contributed by atoms with Gasteiger partial charge in [0.05, 0.1) is 58.9 Å². The molecule has 0 aliphatic carbocycles. The molecule has 0 heterocycles. The van der Waals surface area contributed by atoms with Gasteiger partial charge in [0, 0.05) is 0 Å². The van der Waals surface area contributed by atoms with E-state index in [1.165, 1.54) is 76.0 Å². The van der Waals surface area contributed by atoms with Gasteiger partial charge in [0.25, 0.3) is 0 Å². The van der Waals surface area contributed by atoms with Gasteiger partial charge in [0.2, 0.25) is 0 Å². The number of nitrogens with zero attached hydrogens (tertiary/aromatic N) is 3. The molecule has 6 heteroatoms. The van der Waals surface area contributed by atoms with Crippen molar-refractivity contribution in [1.29, 1.82) is 0 Å². The van der Waals surface area contributed by atoms with Crippen molar-refractivity contribution in [1.82, 2.24) is 13.4 Å². The largest absolute Gasteiger partial charge is 1.00 e. The normalized spacial score (nSPS) is 10.8. The van der Waals surface area contributed by atoms with E-state index in [4.69, 9.17) is 0 Å². The summed E-state index contributed by atoms with van der Waals surface area (Å²) < 4.78 is 3.29. The molecule has 0 N–H and O–H groups in total. The predicted octanol–water partition coefficient (Wildman–Crippen LogP) is 0.173. The van der Waals surface area contributed by atoms with E-state index in [1.54, 1.807) is 0 Å². The summed E-state index contributed by atoms with van der Waals surface area (Å²) >= 11 is 0. The summed E-state index contributed by atoms with van der Waals surface area (Å²) in [5, 5.41) is 0. The summed E-state index contributed by atoms with van der Waals surface area (Å²) in [6, 6.07) is 32.4. The van der Waals surface area contributed by atoms with Crippen LogP contribution in [-0.4, -0.2) is 58.9 Å². The topological polar surface area (TPSA) is 0 Å². The van der Waals surface area contributed by atoms with Crippen molar-refractivity contribution in [2.24, 2.45) is 0 Å². The molecule has 0 saturated carbocycles. The van der Waals surface area contributed by atoms with E-state index < -0.39 is 0 Å². The highest BCUT2D eigenvalue weighted by atomic mass is 79.9. The van der Waals surface area contributed by atoms with E-state index in [2.05, 4.69) is 153 Å². The zero-order valence-electron chi connectivity index (χ0n) is 28.0. The first-order chi connectivity index (χ1) is 18.9. The molecule has 0 saturated heterocycles. The molecule has 0 bridgehead atoms. The molecule has 0 aliphatic rings. The van der Waals surface area contributed by atoms with Gasteiger partial charge in [-0.25, -0.2) is 0 Å². The van der Waals surface area contributed by atoms with Gasteiger partial charge in [0.1, 0.15) is 17.1 Å². The molecular weight excluding hydrogens is 714 g/mol. The fourth-order valence-corrected chi connectivity index (χ4v) is 5.89. The summed E-state index contributed by atoms with van der Waals surface area (Å²) in [7, 11) is 0. The quantitative estimate of drug-likeness (QED) is 0.231. The van der Waals surface area contributed by atoms with Crippen LogP contribution in [0.25, 0.3) is 0 Å². The molecule has 0 fully saturated rings. The van der Waals surface area contributed by atoms with Crippen molar-refractivity contribution in [3.8, 4) is 0 Å². The zero-order valence-corrected chi connectivity index (χ0v) is 32.8. The molecule has 3 aromatic rings. The molecule has 3 nitrogen and oxygen atoms in total. The van der Waals surface area contributed by atoms with Crippen LogP contribution in [0.1, 0.15) is 62.3 Å². The van der Waals surface area contributed by atoms with Crippen molar-refractivity contribution in [3.63, 3.8) is 0 Å². The maximum atomic E-state index is 2.26. The Balaban J connectivity index is -0.000000524. The third-order valence-corrected chi connectivity index (χ3v) is 9.36. The van der Waals surface area contributed by atoms with Gasteiger partial charge >= 0.3 is 0 Å². The Hall–Kier alpha value is -1.02. The van der Waals surface area contributed by atoms with E-state index >= 15 is 0 Å². The second kappa shape index (κ2) is 24.3. The van der Waals surface area contributed by atoms with Crippen LogP contribution in [0, 0.1) is 0 Å². The lowest BCUT2D eigenvalue weighted by molar-refractivity contribution is -0.00100. The Morgan fingerprint density at radius 3 is 0.548 bits per heavy atom. The molecule has 3 rings (SSSR count). The van der Waals surface area contributed by atoms with Gasteiger partial charge < -0.3 is 50.9 Å². The summed E-state index contributed by atoms with van der Waals surface area (Å²) in [4.78, 5) is 0. The molecule has 3 aromatic carbocycles. The van der Waals surface area contributed by atoms with E-state index in [0.717, 1.165) is 13.4 Å². The average molecular weight is 775 g/mol. The maximum absolute atomic E-state index is 2.26. The number of quaternary nitrogens is 3. The van der Waals surface area contributed by atoms with Crippen LogP contribution in [0.3, 0.4) is 0 Å². The molecule has 0 radical (unpaired) electrons. The van der Waals surface area contributed by atoms with Gasteiger partial charge in [-0.3, -0.25) is 13.4 Å². The Morgan fingerprint density at radius 2 is 0.429 bits per heavy atom. The molecule has 42 heavy (non-hydrogen) atoms. The second-order valence-corrected chi connectivity index (χ2v) is 10.3. The monoisotopic (exact) mass is 771 g/mol. The van der Waals surface area contributed by atoms with Crippen LogP contribution in [0.5, 0.6) is 0 Å². The number of hydrogen-bond donors (Lipinski definition) is 0. The first-order valence-corrected chi connectivity index (χ1v) is 15.6. The fourth-order valence-electron chi connectivity index (χ4n) is 5.89. The predicted molar refractivity (Wildman–Crippen MR) is 180 cm³/mol. The number of benzene rings is 3. The maximum Gasteiger partial charge on any atom is 0.132 e. The first-order valence-electron chi connectivity index (χ1n) is 15.6. The minimum atomic E-state index is 0. The third kappa shape index (κ3) is 12.2. The Morgan fingerprint density at radius 1 is 0.286 bits per heavy atom. The zero-order chi connectivity index (χ0) is 29.2. The van der Waals surface area contributed by atoms with Crippen LogP contribution < -0.4 is 64.4 Å². The second-order valence-electron chi connectivity index (χ2n) is 10.3. The lowest BCUT2D eigenvalue weighted by Crippen LogP contribution is -3.00. The minimum absolute atomic E-state index is 0. The average Bonchev–Trinajstić information content (AvgIpc) is 3.03. The highest BCUT2D eigenvalue weighted by Crippen LogP contribution is 2.23. The summed E-state index contributed by atoms with van der Waals surface area (Å²) in [6.07, 6.45) is 0. The molecule has 0 atom stereocenters. The lowest BCUT2D eigenvalue weighted by Gasteiger charge is -2.35. The Kier molecular flexibility index (Phi) is 26.3. The number of halogens is 3. The summed E-state index contributed by atoms with van der Waals surface area (Å²) in [6.45, 7) is 31.0. The van der Waals surface area contributed by atoms with Gasteiger partial charge in [-0.2, -0.15) is 0 Å². The van der Waals surface area contributed by atoms with Gasteiger partial charge in [0.15, 0.2) is 0 Å². The van der Waals surface area contributed by atoms with Crippen molar-refractivity contribution in [3.05, 3.63) is 91.0 Å². The van der Waals surface area contributed by atoms with Crippen molar-refractivity contribution < 1.29 is 50.9 Å². The van der Waals surface area contributed by atoms with Crippen molar-refractivity contribution in [2.45, 2.75) is 62.3 Å². The van der Waals surface area contributed by atoms with Crippen LogP contribution in [0.4, 0.5) is 17.1 Å². The van der Waals surface area contributed by atoms with E-state index in [0.29, 0.717) is 0 Å². The highest BCUT2D eigenvalue weighted by molar-refractivity contribution is 5.43. The number of para-hydroxylation sites is 3. The van der Waals surface area contributed by atoms with Gasteiger partial charge in [-0.1, -0.05) is 54.6 Å². The summed E-state index contributed by atoms with van der Waals surface area (Å²) in [5.74, 6) is 0. The Bertz CT molecular complexity index is 832. The molecule has 0 spiro atoms. The summed E-state index contributed by atoms with van der Waals surface area (Å²) in [5.41, 5.74) is 4.32. The SMILES string of the molecule is CC[N+](CC)(CC)c1ccccc1.CC[N+](CC)(CC)c1ccccc1.CC[N+](CC)(CC)c1ccccc1.[Br-].[Br-].[Br-]. The molecule has 0 aromatic heterocycles. The van der Waals surface area contributed by atoms with Crippen LogP contribution in [0.2, 0.25) is 0 Å². The van der Waals surface area contributed by atoms with Crippen LogP contribution in [0.15, 0.2) is 91.0 Å². The molecular formula is C36H60Br3N3. The fraction of sp³-hybridized carbons (Fsp3) is 0.500. The van der Waals surface area contributed by atoms with Crippen LogP contribution >= 0.6 is 0 Å². The standard InChI is InChI=1S/3C12H20N.3BrH/c3*1-4-13(5-2,6-3)12-10-8-7-9-11-12;;;/h3*7-11H,4-6H2,1-3H3;3*1H/q3*+1;;;/p-3. The molecule has 0 amide bonds. The molecule has 0 unspecified atom stereocenters. The molecule has 0 aliphatic heterocycles. The Labute approximate surface area is 292 Å². The highest BCUT2D eigenvalue weighted by Gasteiger charge is 2.24. The smallest absolute Gasteiger partial charge is 0.132 e. The van der Waals surface area contributed by atoms with E-state index in [9.17, 15) is 0 Å². The third-order valence-electron chi connectivity index (χ3n) is 9.36. The lowest BCUT2D eigenvalue weighted by atomic mass is 10.2. The number of rotatable bonds is 12. The van der Waals surface area contributed by atoms with Crippen molar-refractivity contribution >= 4 is 17.1 Å². The molecule has 240 valence electrons. The van der Waals surface area contributed by atoms with Gasteiger partial charge in [-0.15, -0.1) is 0 Å². The van der Waals surface area contributed by atoms with Crippen molar-refractivity contribution in [2.75, 3.05) is 58.9 Å².